The molecule has 0 fully saturated rings. The first-order valence-electron chi connectivity index (χ1n) is 9.45. The number of rotatable bonds is 7. The Bertz CT molecular complexity index is 1190. The van der Waals surface area contributed by atoms with Gasteiger partial charge < -0.3 is 10.4 Å². The van der Waals surface area contributed by atoms with Crippen LogP contribution in [0.25, 0.3) is 16.9 Å². The van der Waals surface area contributed by atoms with Crippen LogP contribution in [0.15, 0.2) is 42.9 Å². The molecule has 0 aliphatic rings. The van der Waals surface area contributed by atoms with Crippen LogP contribution < -0.4 is 5.32 Å². The monoisotopic (exact) mass is 432 g/mol. The standard InChI is InChI=1S/C19H19F3N8O/c1-29-15(4-8-24-29)26-18-23-7-3-14(25-18)12-5-9-30-16(10-12)27-28-17(30)11-13(31)2-6-19(20,21)22/h3-5,7-10,13,31H,2,6,11H2,1H3,(H,23,25,26). The molecule has 0 aromatic carbocycles. The average molecular weight is 432 g/mol. The lowest BCUT2D eigenvalue weighted by atomic mass is 10.1. The van der Waals surface area contributed by atoms with Gasteiger partial charge in [0.15, 0.2) is 5.65 Å². The molecule has 4 aromatic heterocycles. The van der Waals surface area contributed by atoms with Crippen molar-refractivity contribution in [2.45, 2.75) is 31.5 Å². The zero-order valence-electron chi connectivity index (χ0n) is 16.5. The van der Waals surface area contributed by atoms with E-state index in [-0.39, 0.29) is 12.8 Å². The zero-order valence-corrected chi connectivity index (χ0v) is 16.5. The molecule has 4 aromatic rings. The first-order valence-corrected chi connectivity index (χ1v) is 9.45. The van der Waals surface area contributed by atoms with Crippen LogP contribution >= 0.6 is 0 Å². The minimum atomic E-state index is -4.30. The van der Waals surface area contributed by atoms with E-state index in [2.05, 4.69) is 30.6 Å². The lowest BCUT2D eigenvalue weighted by Gasteiger charge is -2.11. The first kappa shape index (κ1) is 20.7. The fourth-order valence-corrected chi connectivity index (χ4v) is 3.07. The molecule has 12 heteroatoms. The number of aliphatic hydroxyl groups is 1. The summed E-state index contributed by atoms with van der Waals surface area (Å²) in [5, 5.41) is 25.2. The molecule has 0 amide bonds. The normalized spacial score (nSPS) is 12.9. The SMILES string of the molecule is Cn1nccc1Nc1nccc(-c2ccn3c(CC(O)CCC(F)(F)F)nnc3c2)n1. The van der Waals surface area contributed by atoms with Crippen LogP contribution in [0.3, 0.4) is 0 Å². The second-order valence-electron chi connectivity index (χ2n) is 7.00. The molecule has 162 valence electrons. The minimum absolute atomic E-state index is 0.0249. The van der Waals surface area contributed by atoms with Gasteiger partial charge in [-0.25, -0.2) is 9.97 Å². The van der Waals surface area contributed by atoms with Crippen LogP contribution in [0.2, 0.25) is 0 Å². The molecule has 0 saturated heterocycles. The maximum absolute atomic E-state index is 12.3. The van der Waals surface area contributed by atoms with Crippen molar-refractivity contribution in [3.63, 3.8) is 0 Å². The molecule has 0 aliphatic carbocycles. The molecule has 2 N–H and O–H groups in total. The van der Waals surface area contributed by atoms with Gasteiger partial charge in [-0.15, -0.1) is 10.2 Å². The Morgan fingerprint density at radius 2 is 2.00 bits per heavy atom. The van der Waals surface area contributed by atoms with E-state index < -0.39 is 18.7 Å². The largest absolute Gasteiger partial charge is 0.393 e. The van der Waals surface area contributed by atoms with Crippen LogP contribution in [-0.4, -0.2) is 51.7 Å². The summed E-state index contributed by atoms with van der Waals surface area (Å²) in [7, 11) is 1.79. The summed E-state index contributed by atoms with van der Waals surface area (Å²) in [4.78, 5) is 8.71. The summed E-state index contributed by atoms with van der Waals surface area (Å²) in [6, 6.07) is 7.09. The Balaban J connectivity index is 1.51. The summed E-state index contributed by atoms with van der Waals surface area (Å²) < 4.78 is 40.3. The van der Waals surface area contributed by atoms with Gasteiger partial charge in [-0.1, -0.05) is 0 Å². The number of aromatic nitrogens is 7. The fraction of sp³-hybridized carbons (Fsp3) is 0.316. The van der Waals surface area contributed by atoms with E-state index in [0.29, 0.717) is 23.1 Å². The number of pyridine rings is 1. The van der Waals surface area contributed by atoms with E-state index in [4.69, 9.17) is 0 Å². The molecular formula is C19H19F3N8O. The quantitative estimate of drug-likeness (QED) is 0.463. The van der Waals surface area contributed by atoms with E-state index in [0.717, 1.165) is 11.4 Å². The van der Waals surface area contributed by atoms with Crippen molar-refractivity contribution in [3.8, 4) is 11.3 Å². The van der Waals surface area contributed by atoms with Crippen LogP contribution in [0.4, 0.5) is 24.9 Å². The molecule has 9 nitrogen and oxygen atoms in total. The second kappa shape index (κ2) is 8.30. The third-order valence-corrected chi connectivity index (χ3v) is 4.67. The topological polar surface area (TPSA) is 106 Å². The number of aliphatic hydroxyl groups excluding tert-OH is 1. The summed E-state index contributed by atoms with van der Waals surface area (Å²) >= 11 is 0. The number of hydrogen-bond acceptors (Lipinski definition) is 7. The predicted molar refractivity (Wildman–Crippen MR) is 106 cm³/mol. The highest BCUT2D eigenvalue weighted by atomic mass is 19.4. The van der Waals surface area contributed by atoms with Gasteiger partial charge in [0.05, 0.1) is 18.0 Å². The van der Waals surface area contributed by atoms with Crippen molar-refractivity contribution in [2.75, 3.05) is 5.32 Å². The Hall–Kier alpha value is -3.54. The van der Waals surface area contributed by atoms with E-state index in [9.17, 15) is 18.3 Å². The Morgan fingerprint density at radius 1 is 1.16 bits per heavy atom. The van der Waals surface area contributed by atoms with Crippen molar-refractivity contribution in [1.82, 2.24) is 34.3 Å². The van der Waals surface area contributed by atoms with E-state index in [1.54, 1.807) is 59.0 Å². The molecule has 4 rings (SSSR count). The van der Waals surface area contributed by atoms with Crippen molar-refractivity contribution < 1.29 is 18.3 Å². The predicted octanol–water partition coefficient (Wildman–Crippen LogP) is 2.91. The highest BCUT2D eigenvalue weighted by Crippen LogP contribution is 2.24. The average Bonchev–Trinajstić information content (AvgIpc) is 3.32. The number of hydrogen-bond donors (Lipinski definition) is 2. The van der Waals surface area contributed by atoms with E-state index in [1.165, 1.54) is 0 Å². The lowest BCUT2D eigenvalue weighted by molar-refractivity contribution is -0.139. The first-order chi connectivity index (χ1) is 14.8. The fourth-order valence-electron chi connectivity index (χ4n) is 3.07. The number of fused-ring (bicyclic) bond motifs is 1. The Labute approximate surface area is 174 Å². The van der Waals surface area contributed by atoms with Gasteiger partial charge in [0.2, 0.25) is 5.95 Å². The smallest absolute Gasteiger partial charge is 0.389 e. The third-order valence-electron chi connectivity index (χ3n) is 4.67. The lowest BCUT2D eigenvalue weighted by Crippen LogP contribution is -2.17. The molecule has 1 atom stereocenters. The summed E-state index contributed by atoms with van der Waals surface area (Å²) in [6.07, 6.45) is -1.93. The van der Waals surface area contributed by atoms with Crippen LogP contribution in [0.1, 0.15) is 18.7 Å². The van der Waals surface area contributed by atoms with Gasteiger partial charge in [-0.2, -0.15) is 18.3 Å². The molecule has 0 saturated carbocycles. The molecule has 0 bridgehead atoms. The van der Waals surface area contributed by atoms with Crippen LogP contribution in [-0.2, 0) is 13.5 Å². The maximum Gasteiger partial charge on any atom is 0.389 e. The number of anilines is 2. The number of nitrogens with zero attached hydrogens (tertiary/aromatic N) is 7. The van der Waals surface area contributed by atoms with Crippen molar-refractivity contribution in [2.24, 2.45) is 7.05 Å². The Kier molecular flexibility index (Phi) is 5.55. The number of halogens is 3. The van der Waals surface area contributed by atoms with Crippen molar-refractivity contribution in [1.29, 1.82) is 0 Å². The van der Waals surface area contributed by atoms with E-state index >= 15 is 0 Å². The second-order valence-corrected chi connectivity index (χ2v) is 7.00. The third kappa shape index (κ3) is 4.97. The molecule has 31 heavy (non-hydrogen) atoms. The van der Waals surface area contributed by atoms with Crippen molar-refractivity contribution in [3.05, 3.63) is 48.7 Å². The summed E-state index contributed by atoms with van der Waals surface area (Å²) in [6.45, 7) is 0. The highest BCUT2D eigenvalue weighted by molar-refractivity contribution is 5.65. The van der Waals surface area contributed by atoms with Gasteiger partial charge in [0.1, 0.15) is 11.6 Å². The molecule has 4 heterocycles. The van der Waals surface area contributed by atoms with Crippen molar-refractivity contribution >= 4 is 17.4 Å². The molecule has 0 radical (unpaired) electrons. The Morgan fingerprint density at radius 3 is 2.74 bits per heavy atom. The van der Waals surface area contributed by atoms with Crippen LogP contribution in [0, 0.1) is 0 Å². The number of alkyl halides is 3. The molecule has 0 aliphatic heterocycles. The van der Waals surface area contributed by atoms with Gasteiger partial charge in [-0.3, -0.25) is 9.08 Å². The molecule has 0 spiro atoms. The molecule has 1 unspecified atom stereocenters. The minimum Gasteiger partial charge on any atom is -0.393 e. The van der Waals surface area contributed by atoms with Gasteiger partial charge in [-0.05, 0) is 24.6 Å². The zero-order chi connectivity index (χ0) is 22.0. The number of nitrogens with one attached hydrogen (secondary N) is 1. The van der Waals surface area contributed by atoms with Gasteiger partial charge in [0, 0.05) is 43.9 Å². The van der Waals surface area contributed by atoms with Gasteiger partial charge in [0.25, 0.3) is 0 Å². The maximum atomic E-state index is 12.3. The van der Waals surface area contributed by atoms with E-state index in [1.807, 2.05) is 0 Å². The molecular weight excluding hydrogens is 413 g/mol. The number of aryl methyl sites for hydroxylation is 1. The van der Waals surface area contributed by atoms with Crippen LogP contribution in [0.5, 0.6) is 0 Å². The highest BCUT2D eigenvalue weighted by Gasteiger charge is 2.28. The van der Waals surface area contributed by atoms with Gasteiger partial charge >= 0.3 is 6.18 Å². The summed E-state index contributed by atoms with van der Waals surface area (Å²) in [5.41, 5.74) is 1.91. The summed E-state index contributed by atoms with van der Waals surface area (Å²) in [5.74, 6) is 1.52.